The van der Waals surface area contributed by atoms with Gasteiger partial charge in [-0.05, 0) is 12.1 Å². The maximum Gasteiger partial charge on any atom is 0.260 e. The minimum Gasteiger partial charge on any atom is -0.311 e. The van der Waals surface area contributed by atoms with Crippen LogP contribution < -0.4 is 5.56 Å². The monoisotopic (exact) mass is 244 g/mol. The van der Waals surface area contributed by atoms with Crippen LogP contribution in [-0.2, 0) is 7.05 Å². The topological polar surface area (TPSA) is 34.9 Å². The van der Waals surface area contributed by atoms with Crippen molar-refractivity contribution in [3.63, 3.8) is 0 Å². The Kier molecular flexibility index (Phi) is 2.16. The van der Waals surface area contributed by atoms with Crippen molar-refractivity contribution in [1.29, 1.82) is 0 Å². The fraction of sp³-hybridized carbons (Fsp3) is 0.0769. The van der Waals surface area contributed by atoms with Crippen LogP contribution in [0.1, 0.15) is 0 Å². The van der Waals surface area contributed by atoms with Gasteiger partial charge in [0.15, 0.2) is 0 Å². The summed E-state index contributed by atoms with van der Waals surface area (Å²) in [7, 11) is 1.76. The largest absolute Gasteiger partial charge is 0.311 e. The van der Waals surface area contributed by atoms with Crippen molar-refractivity contribution >= 4 is 33.3 Å². The lowest BCUT2D eigenvalue weighted by atomic mass is 10.1. The van der Waals surface area contributed by atoms with Crippen molar-refractivity contribution in [2.45, 2.75) is 0 Å². The van der Waals surface area contributed by atoms with E-state index in [0.717, 1.165) is 16.3 Å². The number of halogens is 1. The van der Waals surface area contributed by atoms with Crippen LogP contribution in [0.4, 0.5) is 0 Å². The zero-order valence-corrected chi connectivity index (χ0v) is 9.90. The molecule has 0 saturated carbocycles. The van der Waals surface area contributed by atoms with Gasteiger partial charge in [0.1, 0.15) is 5.15 Å². The summed E-state index contributed by atoms with van der Waals surface area (Å²) in [5, 5.41) is 2.85. The van der Waals surface area contributed by atoms with E-state index in [2.05, 4.69) is 4.98 Å². The summed E-state index contributed by atoms with van der Waals surface area (Å²) in [4.78, 5) is 16.1. The Bertz CT molecular complexity index is 792. The second-order valence-electron chi connectivity index (χ2n) is 3.93. The molecule has 3 rings (SSSR count). The molecule has 0 amide bonds. The molecule has 0 radical (unpaired) electrons. The Balaban J connectivity index is 2.71. The van der Waals surface area contributed by atoms with E-state index in [-0.39, 0.29) is 5.56 Å². The van der Waals surface area contributed by atoms with Crippen molar-refractivity contribution in [1.82, 2.24) is 9.55 Å². The van der Waals surface area contributed by atoms with Crippen LogP contribution in [-0.4, -0.2) is 9.55 Å². The lowest BCUT2D eigenvalue weighted by molar-refractivity contribution is 0.917. The van der Waals surface area contributed by atoms with Gasteiger partial charge in [0, 0.05) is 24.0 Å². The highest BCUT2D eigenvalue weighted by Gasteiger charge is 2.08. The van der Waals surface area contributed by atoms with E-state index in [4.69, 9.17) is 11.6 Å². The van der Waals surface area contributed by atoms with E-state index >= 15 is 0 Å². The van der Waals surface area contributed by atoms with Gasteiger partial charge in [0.25, 0.3) is 5.56 Å². The third kappa shape index (κ3) is 1.43. The molecule has 0 bridgehead atoms. The lowest BCUT2D eigenvalue weighted by Gasteiger charge is -2.08. The first-order valence-electron chi connectivity index (χ1n) is 5.21. The first kappa shape index (κ1) is 10.3. The molecule has 0 aliphatic rings. The smallest absolute Gasteiger partial charge is 0.260 e. The average molecular weight is 245 g/mol. The minimum atomic E-state index is -0.0529. The summed E-state index contributed by atoms with van der Waals surface area (Å²) in [6, 6.07) is 9.50. The van der Waals surface area contributed by atoms with Gasteiger partial charge in [0.2, 0.25) is 0 Å². The van der Waals surface area contributed by atoms with Crippen molar-refractivity contribution in [2.75, 3.05) is 0 Å². The number of rotatable bonds is 0. The Morgan fingerprint density at radius 1 is 1.18 bits per heavy atom. The number of hydrogen-bond donors (Lipinski definition) is 0. The van der Waals surface area contributed by atoms with Crippen LogP contribution >= 0.6 is 11.6 Å². The molecule has 0 atom stereocenters. The van der Waals surface area contributed by atoms with E-state index in [1.54, 1.807) is 17.7 Å². The molecule has 2 aromatic heterocycles. The molecule has 2 heterocycles. The maximum absolute atomic E-state index is 12.1. The molecule has 0 aliphatic heterocycles. The standard InChI is InChI=1S/C13H9ClN2O/c1-16-11-5-3-2-4-8(11)9-6-12(14)15-7-10(9)13(16)17/h2-7H,1H3. The third-order valence-electron chi connectivity index (χ3n) is 2.96. The molecule has 0 N–H and O–H groups in total. The molecule has 0 fully saturated rings. The number of pyridine rings is 2. The summed E-state index contributed by atoms with van der Waals surface area (Å²) in [6.45, 7) is 0. The molecule has 0 unspecified atom stereocenters. The summed E-state index contributed by atoms with van der Waals surface area (Å²) >= 11 is 5.89. The van der Waals surface area contributed by atoms with Gasteiger partial charge in [-0.1, -0.05) is 29.8 Å². The molecule has 84 valence electrons. The summed E-state index contributed by atoms with van der Waals surface area (Å²) in [5.74, 6) is 0. The quantitative estimate of drug-likeness (QED) is 0.450. The lowest BCUT2D eigenvalue weighted by Crippen LogP contribution is -2.17. The normalized spacial score (nSPS) is 11.2. The van der Waals surface area contributed by atoms with Crippen LogP contribution in [0, 0.1) is 0 Å². The molecule has 0 aliphatic carbocycles. The predicted molar refractivity (Wildman–Crippen MR) is 69.5 cm³/mol. The van der Waals surface area contributed by atoms with Gasteiger partial charge in [-0.15, -0.1) is 0 Å². The van der Waals surface area contributed by atoms with Crippen molar-refractivity contribution in [2.24, 2.45) is 7.05 Å². The van der Waals surface area contributed by atoms with Gasteiger partial charge >= 0.3 is 0 Å². The SMILES string of the molecule is Cn1c(=O)c2cnc(Cl)cc2c2ccccc21. The van der Waals surface area contributed by atoms with Crippen LogP contribution in [0.15, 0.2) is 41.3 Å². The summed E-state index contributed by atoms with van der Waals surface area (Å²) in [5.41, 5.74) is 0.843. The number of fused-ring (bicyclic) bond motifs is 3. The first-order chi connectivity index (χ1) is 8.18. The Morgan fingerprint density at radius 3 is 2.76 bits per heavy atom. The van der Waals surface area contributed by atoms with Gasteiger partial charge in [-0.25, -0.2) is 4.98 Å². The highest BCUT2D eigenvalue weighted by molar-refractivity contribution is 6.30. The fourth-order valence-electron chi connectivity index (χ4n) is 2.11. The van der Waals surface area contributed by atoms with Crippen LogP contribution in [0.2, 0.25) is 5.15 Å². The van der Waals surface area contributed by atoms with Crippen molar-refractivity contribution < 1.29 is 0 Å². The van der Waals surface area contributed by atoms with Crippen molar-refractivity contribution in [3.05, 3.63) is 52.0 Å². The van der Waals surface area contributed by atoms with Gasteiger partial charge in [0.05, 0.1) is 10.9 Å². The molecule has 3 nitrogen and oxygen atoms in total. The average Bonchev–Trinajstić information content (AvgIpc) is 2.36. The Hall–Kier alpha value is -1.87. The number of hydrogen-bond acceptors (Lipinski definition) is 2. The van der Waals surface area contributed by atoms with E-state index in [1.807, 2.05) is 24.3 Å². The predicted octanol–water partition coefficient (Wildman–Crippen LogP) is 2.74. The highest BCUT2D eigenvalue weighted by Crippen LogP contribution is 2.23. The molecule has 3 aromatic rings. The highest BCUT2D eigenvalue weighted by atomic mass is 35.5. The third-order valence-corrected chi connectivity index (χ3v) is 3.17. The maximum atomic E-state index is 12.1. The fourth-order valence-corrected chi connectivity index (χ4v) is 2.26. The Morgan fingerprint density at radius 2 is 1.94 bits per heavy atom. The number of para-hydroxylation sites is 1. The number of benzene rings is 1. The molecule has 0 saturated heterocycles. The zero-order valence-electron chi connectivity index (χ0n) is 9.14. The molecular weight excluding hydrogens is 236 g/mol. The van der Waals surface area contributed by atoms with E-state index in [9.17, 15) is 4.79 Å². The first-order valence-corrected chi connectivity index (χ1v) is 5.59. The number of aryl methyl sites for hydroxylation is 1. The van der Waals surface area contributed by atoms with Crippen molar-refractivity contribution in [3.8, 4) is 0 Å². The summed E-state index contributed by atoms with van der Waals surface area (Å²) in [6.07, 6.45) is 1.53. The van der Waals surface area contributed by atoms with Crippen LogP contribution in [0.3, 0.4) is 0 Å². The second-order valence-corrected chi connectivity index (χ2v) is 4.32. The van der Waals surface area contributed by atoms with E-state index < -0.39 is 0 Å². The van der Waals surface area contributed by atoms with E-state index in [0.29, 0.717) is 10.5 Å². The zero-order chi connectivity index (χ0) is 12.0. The van der Waals surface area contributed by atoms with Crippen LogP contribution in [0.5, 0.6) is 0 Å². The Labute approximate surface area is 102 Å². The van der Waals surface area contributed by atoms with Crippen LogP contribution in [0.25, 0.3) is 21.7 Å². The minimum absolute atomic E-state index is 0.0529. The molecule has 1 aromatic carbocycles. The van der Waals surface area contributed by atoms with E-state index in [1.165, 1.54) is 6.20 Å². The molecule has 4 heteroatoms. The molecule has 0 spiro atoms. The second kappa shape index (κ2) is 3.57. The molecule has 17 heavy (non-hydrogen) atoms. The summed E-state index contributed by atoms with van der Waals surface area (Å²) < 4.78 is 1.63. The van der Waals surface area contributed by atoms with Gasteiger partial charge in [-0.3, -0.25) is 4.79 Å². The molecular formula is C13H9ClN2O. The number of nitrogens with zero attached hydrogens (tertiary/aromatic N) is 2. The van der Waals surface area contributed by atoms with Gasteiger partial charge in [-0.2, -0.15) is 0 Å². The van der Waals surface area contributed by atoms with Gasteiger partial charge < -0.3 is 4.57 Å². The number of aromatic nitrogens is 2.